The third-order valence-electron chi connectivity index (χ3n) is 3.37. The number of aryl methyl sites for hydroxylation is 1. The topological polar surface area (TPSA) is 48.0 Å². The summed E-state index contributed by atoms with van der Waals surface area (Å²) in [5.41, 5.74) is -0.0908. The molecular weight excluding hydrogens is 216 g/mol. The lowest BCUT2D eigenvalue weighted by molar-refractivity contribution is 0.285. The van der Waals surface area contributed by atoms with Gasteiger partial charge in [0.1, 0.15) is 0 Å². The van der Waals surface area contributed by atoms with E-state index in [1.165, 1.54) is 4.68 Å². The molecule has 98 valence electrons. The minimum Gasteiger partial charge on any atom is -0.392 e. The van der Waals surface area contributed by atoms with Crippen LogP contribution in [0.3, 0.4) is 0 Å². The van der Waals surface area contributed by atoms with Crippen molar-refractivity contribution in [3.05, 3.63) is 16.4 Å². The molecule has 17 heavy (non-hydrogen) atoms. The maximum Gasteiger partial charge on any atom is 0.436 e. The largest absolute Gasteiger partial charge is 0.436 e. The molecule has 0 unspecified atom stereocenters. The molecule has 0 radical (unpaired) electrons. The quantitative estimate of drug-likeness (QED) is 0.736. The van der Waals surface area contributed by atoms with Gasteiger partial charge in [-0.3, -0.25) is 0 Å². The molecule has 1 heterocycles. The van der Waals surface area contributed by atoms with Gasteiger partial charge in [0, 0.05) is 12.5 Å². The molecule has 4 nitrogen and oxygen atoms in total. The van der Waals surface area contributed by atoms with Crippen molar-refractivity contribution in [1.82, 2.24) is 9.78 Å². The third kappa shape index (κ3) is 3.45. The number of hydrogen-bond acceptors (Lipinski definition) is 3. The standard InChI is InChI=1S/C13H24N2O2/c1-5-7-9-13(3,10-8-6-2)11-14-15(4)12(16)17-11/h5-10H2,1-4H3. The van der Waals surface area contributed by atoms with Crippen LogP contribution >= 0.6 is 0 Å². The number of unbranched alkanes of at least 4 members (excludes halogenated alkanes) is 2. The zero-order chi connectivity index (χ0) is 12.9. The van der Waals surface area contributed by atoms with Crippen LogP contribution in [0, 0.1) is 0 Å². The Bertz CT molecular complexity index is 384. The van der Waals surface area contributed by atoms with Gasteiger partial charge in [0.25, 0.3) is 0 Å². The highest BCUT2D eigenvalue weighted by molar-refractivity contribution is 5.00. The molecule has 0 aliphatic heterocycles. The van der Waals surface area contributed by atoms with Crippen LogP contribution in [0.5, 0.6) is 0 Å². The van der Waals surface area contributed by atoms with E-state index in [1.807, 2.05) is 0 Å². The van der Waals surface area contributed by atoms with Gasteiger partial charge in [-0.2, -0.15) is 4.68 Å². The van der Waals surface area contributed by atoms with E-state index in [2.05, 4.69) is 25.9 Å². The molecule has 0 fully saturated rings. The second kappa shape index (κ2) is 6.03. The van der Waals surface area contributed by atoms with Crippen LogP contribution in [-0.4, -0.2) is 9.78 Å². The lowest BCUT2D eigenvalue weighted by Crippen LogP contribution is -2.23. The van der Waals surface area contributed by atoms with Gasteiger partial charge < -0.3 is 4.42 Å². The molecule has 4 heteroatoms. The Morgan fingerprint density at radius 1 is 1.24 bits per heavy atom. The van der Waals surface area contributed by atoms with Gasteiger partial charge in [0.05, 0.1) is 0 Å². The van der Waals surface area contributed by atoms with Crippen LogP contribution < -0.4 is 5.76 Å². The van der Waals surface area contributed by atoms with E-state index in [-0.39, 0.29) is 11.2 Å². The van der Waals surface area contributed by atoms with Crippen LogP contribution in [0.15, 0.2) is 9.21 Å². The van der Waals surface area contributed by atoms with Gasteiger partial charge in [-0.15, -0.1) is 5.10 Å². The van der Waals surface area contributed by atoms with Crippen molar-refractivity contribution >= 4 is 0 Å². The lowest BCUT2D eigenvalue weighted by atomic mass is 9.80. The molecule has 0 aromatic carbocycles. The number of rotatable bonds is 7. The summed E-state index contributed by atoms with van der Waals surface area (Å²) in [6.45, 7) is 6.51. The van der Waals surface area contributed by atoms with Crippen LogP contribution in [0.1, 0.15) is 65.2 Å². The van der Waals surface area contributed by atoms with E-state index in [4.69, 9.17) is 4.42 Å². The van der Waals surface area contributed by atoms with Gasteiger partial charge in [-0.1, -0.05) is 46.5 Å². The molecule has 0 saturated carbocycles. The van der Waals surface area contributed by atoms with Gasteiger partial charge >= 0.3 is 5.76 Å². The van der Waals surface area contributed by atoms with Crippen LogP contribution in [0.25, 0.3) is 0 Å². The molecule has 0 aliphatic carbocycles. The Labute approximate surface area is 103 Å². The first-order chi connectivity index (χ1) is 8.03. The minimum absolute atomic E-state index is 0.0908. The van der Waals surface area contributed by atoms with Gasteiger partial charge in [0.15, 0.2) is 0 Å². The van der Waals surface area contributed by atoms with Crippen molar-refractivity contribution in [2.24, 2.45) is 7.05 Å². The Balaban J connectivity index is 2.91. The molecule has 0 bridgehead atoms. The van der Waals surface area contributed by atoms with Crippen molar-refractivity contribution < 1.29 is 4.42 Å². The fourth-order valence-electron chi connectivity index (χ4n) is 2.06. The first-order valence-electron chi connectivity index (χ1n) is 6.58. The maximum atomic E-state index is 11.4. The Kier molecular flexibility index (Phi) is 4.97. The molecule has 0 spiro atoms. The second-order valence-corrected chi connectivity index (χ2v) is 5.06. The van der Waals surface area contributed by atoms with Crippen LogP contribution in [-0.2, 0) is 12.5 Å². The average molecular weight is 240 g/mol. The summed E-state index contributed by atoms with van der Waals surface area (Å²) in [6, 6.07) is 0. The predicted molar refractivity (Wildman–Crippen MR) is 68.1 cm³/mol. The van der Waals surface area contributed by atoms with Gasteiger partial charge in [-0.05, 0) is 12.8 Å². The summed E-state index contributed by atoms with van der Waals surface area (Å²) in [6.07, 6.45) is 6.64. The molecule has 1 aromatic heterocycles. The van der Waals surface area contributed by atoms with E-state index < -0.39 is 0 Å². The summed E-state index contributed by atoms with van der Waals surface area (Å²) >= 11 is 0. The van der Waals surface area contributed by atoms with Crippen molar-refractivity contribution in [1.29, 1.82) is 0 Å². The van der Waals surface area contributed by atoms with Crippen molar-refractivity contribution in [2.75, 3.05) is 0 Å². The Hall–Kier alpha value is -1.06. The summed E-state index contributed by atoms with van der Waals surface area (Å²) in [5.74, 6) is 0.242. The number of nitrogens with zero attached hydrogens (tertiary/aromatic N) is 2. The zero-order valence-corrected chi connectivity index (χ0v) is 11.5. The lowest BCUT2D eigenvalue weighted by Gasteiger charge is -2.25. The SMILES string of the molecule is CCCCC(C)(CCCC)c1nn(C)c(=O)o1. The first-order valence-corrected chi connectivity index (χ1v) is 6.58. The predicted octanol–water partition coefficient (Wildman–Crippen LogP) is 3.01. The molecule has 1 rings (SSSR count). The zero-order valence-electron chi connectivity index (χ0n) is 11.5. The van der Waals surface area contributed by atoms with Crippen molar-refractivity contribution in [3.63, 3.8) is 0 Å². The Morgan fingerprint density at radius 3 is 2.12 bits per heavy atom. The fourth-order valence-corrected chi connectivity index (χ4v) is 2.06. The molecule has 0 saturated heterocycles. The normalized spacial score (nSPS) is 12.0. The van der Waals surface area contributed by atoms with E-state index in [0.717, 1.165) is 38.5 Å². The summed E-state index contributed by atoms with van der Waals surface area (Å²) < 4.78 is 6.55. The van der Waals surface area contributed by atoms with Crippen molar-refractivity contribution in [2.45, 2.75) is 64.7 Å². The first kappa shape index (κ1) is 14.0. The highest BCUT2D eigenvalue weighted by atomic mass is 16.4. The van der Waals surface area contributed by atoms with Gasteiger partial charge in [0.2, 0.25) is 5.89 Å². The van der Waals surface area contributed by atoms with Crippen LogP contribution in [0.2, 0.25) is 0 Å². The molecule has 0 amide bonds. The maximum absolute atomic E-state index is 11.4. The van der Waals surface area contributed by atoms with Gasteiger partial charge in [-0.25, -0.2) is 4.79 Å². The van der Waals surface area contributed by atoms with E-state index >= 15 is 0 Å². The highest BCUT2D eigenvalue weighted by Gasteiger charge is 2.31. The van der Waals surface area contributed by atoms with E-state index in [9.17, 15) is 4.79 Å². The Morgan fingerprint density at radius 2 is 1.76 bits per heavy atom. The summed E-state index contributed by atoms with van der Waals surface area (Å²) in [4.78, 5) is 11.4. The van der Waals surface area contributed by atoms with Crippen molar-refractivity contribution in [3.8, 4) is 0 Å². The summed E-state index contributed by atoms with van der Waals surface area (Å²) in [7, 11) is 1.63. The monoisotopic (exact) mass is 240 g/mol. The number of hydrogen-bond donors (Lipinski definition) is 0. The third-order valence-corrected chi connectivity index (χ3v) is 3.37. The second-order valence-electron chi connectivity index (χ2n) is 5.06. The fraction of sp³-hybridized carbons (Fsp3) is 0.846. The van der Waals surface area contributed by atoms with Crippen LogP contribution in [0.4, 0.5) is 0 Å². The highest BCUT2D eigenvalue weighted by Crippen LogP contribution is 2.33. The molecule has 0 aliphatic rings. The van der Waals surface area contributed by atoms with E-state index in [1.54, 1.807) is 7.05 Å². The average Bonchev–Trinajstić information content (AvgIpc) is 2.65. The smallest absolute Gasteiger partial charge is 0.392 e. The minimum atomic E-state index is -0.362. The summed E-state index contributed by atoms with van der Waals surface area (Å²) in [5, 5.41) is 4.23. The molecule has 0 atom stereocenters. The van der Waals surface area contributed by atoms with E-state index in [0.29, 0.717) is 5.89 Å². The molecule has 0 N–H and O–H groups in total. The molecule has 1 aromatic rings. The molecular formula is C13H24N2O2. The number of aromatic nitrogens is 2.